The second-order valence-electron chi connectivity index (χ2n) is 5.74. The van der Waals surface area contributed by atoms with E-state index in [4.69, 9.17) is 25.8 Å². The molecule has 2 aromatic heterocycles. The lowest BCUT2D eigenvalue weighted by molar-refractivity contribution is 0.0520. The van der Waals surface area contributed by atoms with Crippen molar-refractivity contribution in [1.82, 2.24) is 4.98 Å². The van der Waals surface area contributed by atoms with Crippen LogP contribution in [0.3, 0.4) is 0 Å². The average molecular weight is 446 g/mol. The summed E-state index contributed by atoms with van der Waals surface area (Å²) in [6.07, 6.45) is 0. The molecule has 10 heteroatoms. The maximum absolute atomic E-state index is 14.9. The van der Waals surface area contributed by atoms with Crippen LogP contribution in [-0.2, 0) is 9.47 Å². The molecule has 0 amide bonds. The first-order chi connectivity index (χ1) is 13.9. The van der Waals surface area contributed by atoms with E-state index in [1.807, 2.05) is 0 Å². The number of hydrogen-bond donors (Lipinski definition) is 0. The third-order valence-electron chi connectivity index (χ3n) is 3.91. The van der Waals surface area contributed by atoms with Crippen molar-refractivity contribution in [2.24, 2.45) is 0 Å². The number of carbonyl (C=O) groups is 1. The van der Waals surface area contributed by atoms with Gasteiger partial charge in [0.05, 0.1) is 28.9 Å². The molecule has 0 saturated heterocycles. The van der Waals surface area contributed by atoms with Gasteiger partial charge >= 0.3 is 5.97 Å². The van der Waals surface area contributed by atoms with Crippen molar-refractivity contribution in [2.75, 3.05) is 26.9 Å². The van der Waals surface area contributed by atoms with Crippen LogP contribution in [-0.4, -0.2) is 37.9 Å². The lowest BCUT2D eigenvalue weighted by Gasteiger charge is -2.16. The molecule has 1 aromatic carbocycles. The Morgan fingerprint density at radius 3 is 2.62 bits per heavy atom. The molecule has 0 unspecified atom stereocenters. The maximum atomic E-state index is 14.9. The van der Waals surface area contributed by atoms with Crippen LogP contribution >= 0.6 is 22.9 Å². The Morgan fingerprint density at radius 2 is 1.93 bits per heavy atom. The highest BCUT2D eigenvalue weighted by Gasteiger charge is 2.28. The Balaban J connectivity index is 2.35. The van der Waals surface area contributed by atoms with Gasteiger partial charge in [-0.25, -0.2) is 22.9 Å². The Labute approximate surface area is 173 Å². The fourth-order valence-electron chi connectivity index (χ4n) is 2.75. The molecule has 0 aliphatic carbocycles. The van der Waals surface area contributed by atoms with Gasteiger partial charge in [-0.05, 0) is 6.92 Å². The summed E-state index contributed by atoms with van der Waals surface area (Å²) in [4.78, 5) is 16.4. The molecule has 0 atom stereocenters. The van der Waals surface area contributed by atoms with E-state index >= 15 is 0 Å². The first kappa shape index (κ1) is 21.4. The zero-order chi connectivity index (χ0) is 21.1. The number of esters is 1. The molecule has 154 valence electrons. The molecule has 29 heavy (non-hydrogen) atoms. The van der Waals surface area contributed by atoms with Gasteiger partial charge in [-0.3, -0.25) is 0 Å². The number of benzene rings is 1. The van der Waals surface area contributed by atoms with Gasteiger partial charge in [0.2, 0.25) is 0 Å². The number of nitrogens with zero attached hydrogens (tertiary/aromatic N) is 1. The van der Waals surface area contributed by atoms with E-state index in [0.29, 0.717) is 6.07 Å². The summed E-state index contributed by atoms with van der Waals surface area (Å²) in [6.45, 7) is 1.76. The summed E-state index contributed by atoms with van der Waals surface area (Å²) in [5.74, 6) is -3.64. The molecule has 0 bridgehead atoms. The third-order valence-corrected chi connectivity index (χ3v) is 5.15. The first-order valence-electron chi connectivity index (χ1n) is 8.43. The monoisotopic (exact) mass is 445 g/mol. The number of halogens is 4. The SMILES string of the molecule is CCOC(=O)c1nc(Cl)c2c(F)csc2c1-c1c(F)cc(F)cc1OCCOC. The van der Waals surface area contributed by atoms with Gasteiger partial charge in [0.25, 0.3) is 0 Å². The average Bonchev–Trinajstić information content (AvgIpc) is 3.05. The van der Waals surface area contributed by atoms with Crippen LogP contribution in [0.15, 0.2) is 17.5 Å². The predicted molar refractivity (Wildman–Crippen MR) is 103 cm³/mol. The third kappa shape index (κ3) is 4.17. The zero-order valence-corrected chi connectivity index (χ0v) is 16.9. The normalized spacial score (nSPS) is 11.1. The quantitative estimate of drug-likeness (QED) is 0.283. The lowest BCUT2D eigenvalue weighted by atomic mass is 10.0. The van der Waals surface area contributed by atoms with Gasteiger partial charge in [0.15, 0.2) is 5.69 Å². The van der Waals surface area contributed by atoms with E-state index in [9.17, 15) is 18.0 Å². The first-order valence-corrected chi connectivity index (χ1v) is 9.69. The van der Waals surface area contributed by atoms with Crippen LogP contribution in [0, 0.1) is 17.5 Å². The van der Waals surface area contributed by atoms with Crippen molar-refractivity contribution in [3.63, 3.8) is 0 Å². The number of carbonyl (C=O) groups excluding carboxylic acids is 1. The van der Waals surface area contributed by atoms with Crippen LogP contribution in [0.5, 0.6) is 5.75 Å². The summed E-state index contributed by atoms with van der Waals surface area (Å²) in [5.41, 5.74) is -0.656. The largest absolute Gasteiger partial charge is 0.490 e. The van der Waals surface area contributed by atoms with Crippen LogP contribution < -0.4 is 4.74 Å². The molecule has 0 saturated carbocycles. The summed E-state index contributed by atoms with van der Waals surface area (Å²) < 4.78 is 58.6. The predicted octanol–water partition coefficient (Wildman–Crippen LogP) is 5.24. The highest BCUT2D eigenvalue weighted by Crippen LogP contribution is 2.44. The van der Waals surface area contributed by atoms with Gasteiger partial charge in [-0.1, -0.05) is 11.6 Å². The van der Waals surface area contributed by atoms with Gasteiger partial charge < -0.3 is 14.2 Å². The van der Waals surface area contributed by atoms with E-state index in [-0.39, 0.29) is 57.6 Å². The molecular weight excluding hydrogens is 431 g/mol. The fraction of sp³-hybridized carbons (Fsp3) is 0.263. The van der Waals surface area contributed by atoms with Crippen LogP contribution in [0.4, 0.5) is 13.2 Å². The number of rotatable bonds is 7. The van der Waals surface area contributed by atoms with Gasteiger partial charge in [0.1, 0.15) is 35.0 Å². The molecule has 0 fully saturated rings. The minimum absolute atomic E-state index is 0.00983. The molecule has 0 radical (unpaired) electrons. The van der Waals surface area contributed by atoms with Crippen LogP contribution in [0.25, 0.3) is 21.2 Å². The number of pyridine rings is 1. The van der Waals surface area contributed by atoms with Crippen molar-refractivity contribution in [3.8, 4) is 16.9 Å². The smallest absolute Gasteiger partial charge is 0.357 e. The molecule has 0 N–H and O–H groups in total. The Kier molecular flexibility index (Phi) is 6.61. The van der Waals surface area contributed by atoms with Crippen LogP contribution in [0.1, 0.15) is 17.4 Å². The number of thiophene rings is 1. The maximum Gasteiger partial charge on any atom is 0.357 e. The highest BCUT2D eigenvalue weighted by atomic mass is 35.5. The number of fused-ring (bicyclic) bond motifs is 1. The molecule has 5 nitrogen and oxygen atoms in total. The zero-order valence-electron chi connectivity index (χ0n) is 15.4. The van der Waals surface area contributed by atoms with Gasteiger partial charge in [-0.2, -0.15) is 0 Å². The summed E-state index contributed by atoms with van der Waals surface area (Å²) in [7, 11) is 1.44. The van der Waals surface area contributed by atoms with E-state index in [0.717, 1.165) is 22.8 Å². The van der Waals surface area contributed by atoms with Crippen molar-refractivity contribution in [2.45, 2.75) is 6.92 Å². The number of methoxy groups -OCH3 is 1. The molecule has 3 aromatic rings. The van der Waals surface area contributed by atoms with Gasteiger partial charge in [0, 0.05) is 30.2 Å². The highest BCUT2D eigenvalue weighted by molar-refractivity contribution is 7.18. The number of hydrogen-bond acceptors (Lipinski definition) is 6. The Morgan fingerprint density at radius 1 is 1.17 bits per heavy atom. The molecule has 0 aliphatic rings. The van der Waals surface area contributed by atoms with Gasteiger partial charge in [-0.15, -0.1) is 11.3 Å². The number of aromatic nitrogens is 1. The minimum atomic E-state index is -1.01. The number of ether oxygens (including phenoxy) is 3. The standard InChI is InChI=1S/C19H15ClF3NO4S/c1-3-27-19(25)16-15(17-14(18(20)24-16)11(23)8-29-17)13-10(22)6-9(21)7-12(13)28-5-4-26-2/h6-8H,3-5H2,1-2H3. The van der Waals surface area contributed by atoms with E-state index in [1.165, 1.54) is 7.11 Å². The molecule has 0 spiro atoms. The topological polar surface area (TPSA) is 57.7 Å². The van der Waals surface area contributed by atoms with Crippen molar-refractivity contribution < 1.29 is 32.2 Å². The molecular formula is C19H15ClF3NO4S. The fourth-order valence-corrected chi connectivity index (χ4v) is 4.04. The summed E-state index contributed by atoms with van der Waals surface area (Å²) >= 11 is 6.97. The molecule has 2 heterocycles. The molecule has 3 rings (SSSR count). The van der Waals surface area contributed by atoms with E-state index in [2.05, 4.69) is 4.98 Å². The Bertz CT molecular complexity index is 1070. The Hall–Kier alpha value is -2.36. The summed E-state index contributed by atoms with van der Waals surface area (Å²) in [5, 5.41) is 0.810. The second-order valence-corrected chi connectivity index (χ2v) is 6.97. The van der Waals surface area contributed by atoms with Crippen LogP contribution in [0.2, 0.25) is 5.15 Å². The van der Waals surface area contributed by atoms with E-state index in [1.54, 1.807) is 6.92 Å². The van der Waals surface area contributed by atoms with Crippen molar-refractivity contribution >= 4 is 39.0 Å². The van der Waals surface area contributed by atoms with Crippen molar-refractivity contribution in [1.29, 1.82) is 0 Å². The second kappa shape index (κ2) is 8.98. The van der Waals surface area contributed by atoms with Crippen molar-refractivity contribution in [3.05, 3.63) is 45.8 Å². The molecule has 0 aliphatic heterocycles. The lowest BCUT2D eigenvalue weighted by Crippen LogP contribution is -2.12. The van der Waals surface area contributed by atoms with E-state index < -0.39 is 23.4 Å². The summed E-state index contributed by atoms with van der Waals surface area (Å²) in [6, 6.07) is 1.60. The minimum Gasteiger partial charge on any atom is -0.490 e.